The Labute approximate surface area is 130 Å². The van der Waals surface area contributed by atoms with Crippen LogP contribution in [0.1, 0.15) is 56.7 Å². The number of likely N-dealkylation sites (tertiary alicyclic amines) is 1. The van der Waals surface area contributed by atoms with Crippen molar-refractivity contribution in [3.05, 3.63) is 28.8 Å². The number of rotatable bonds is 2. The van der Waals surface area contributed by atoms with Gasteiger partial charge in [0.05, 0.1) is 0 Å². The van der Waals surface area contributed by atoms with Gasteiger partial charge < -0.3 is 5.11 Å². The summed E-state index contributed by atoms with van der Waals surface area (Å²) in [5.41, 5.74) is 3.75. The van der Waals surface area contributed by atoms with E-state index in [0.29, 0.717) is 11.2 Å². The first-order valence-electron chi connectivity index (χ1n) is 8.29. The van der Waals surface area contributed by atoms with Crippen LogP contribution in [0.2, 0.25) is 0 Å². The van der Waals surface area contributed by atoms with Crippen molar-refractivity contribution >= 4 is 0 Å². The second kappa shape index (κ2) is 6.39. The first-order chi connectivity index (χ1) is 9.77. The van der Waals surface area contributed by atoms with Gasteiger partial charge in [-0.2, -0.15) is 0 Å². The number of hydrogen-bond donors (Lipinski definition) is 1. The summed E-state index contributed by atoms with van der Waals surface area (Å²) in [5.74, 6) is 1.29. The fourth-order valence-electron chi connectivity index (χ4n) is 3.58. The molecular formula is C19H31NO. The second-order valence-corrected chi connectivity index (χ2v) is 7.85. The monoisotopic (exact) mass is 289 g/mol. The molecule has 0 bridgehead atoms. The van der Waals surface area contributed by atoms with Crippen molar-refractivity contribution in [2.75, 3.05) is 13.1 Å². The predicted octanol–water partition coefficient (Wildman–Crippen LogP) is 4.66. The Hall–Kier alpha value is -1.02. The zero-order valence-electron chi connectivity index (χ0n) is 14.4. The van der Waals surface area contributed by atoms with Crippen molar-refractivity contribution < 1.29 is 5.11 Å². The molecule has 1 N–H and O–H groups in total. The molecule has 1 unspecified atom stereocenters. The van der Waals surface area contributed by atoms with Crippen LogP contribution in [0, 0.1) is 25.2 Å². The van der Waals surface area contributed by atoms with E-state index in [4.69, 9.17) is 0 Å². The van der Waals surface area contributed by atoms with E-state index in [9.17, 15) is 5.11 Å². The minimum absolute atomic E-state index is 0.432. The maximum absolute atomic E-state index is 9.89. The zero-order chi connectivity index (χ0) is 15.6. The van der Waals surface area contributed by atoms with Crippen LogP contribution in [-0.4, -0.2) is 23.1 Å². The topological polar surface area (TPSA) is 23.5 Å². The highest BCUT2D eigenvalue weighted by atomic mass is 16.3. The predicted molar refractivity (Wildman–Crippen MR) is 89.7 cm³/mol. The van der Waals surface area contributed by atoms with Gasteiger partial charge in [-0.1, -0.05) is 32.9 Å². The lowest BCUT2D eigenvalue weighted by Crippen LogP contribution is -2.26. The van der Waals surface area contributed by atoms with Crippen molar-refractivity contribution in [3.63, 3.8) is 0 Å². The average molecular weight is 289 g/mol. The molecule has 0 saturated carbocycles. The highest BCUT2D eigenvalue weighted by molar-refractivity contribution is 5.42. The van der Waals surface area contributed by atoms with E-state index in [1.165, 1.54) is 37.9 Å². The highest BCUT2D eigenvalue weighted by Gasteiger charge is 2.27. The normalized spacial score (nSPS) is 21.3. The van der Waals surface area contributed by atoms with Gasteiger partial charge >= 0.3 is 0 Å². The molecule has 0 amide bonds. The Morgan fingerprint density at radius 1 is 1.10 bits per heavy atom. The quantitative estimate of drug-likeness (QED) is 0.856. The van der Waals surface area contributed by atoms with Crippen molar-refractivity contribution in [2.24, 2.45) is 11.3 Å². The summed E-state index contributed by atoms with van der Waals surface area (Å²) >= 11 is 0. The third-order valence-corrected chi connectivity index (χ3v) is 5.00. The smallest absolute Gasteiger partial charge is 0.121 e. The van der Waals surface area contributed by atoms with Crippen LogP contribution < -0.4 is 0 Å². The molecule has 21 heavy (non-hydrogen) atoms. The maximum Gasteiger partial charge on any atom is 0.121 e. The van der Waals surface area contributed by atoms with E-state index in [1.54, 1.807) is 0 Å². The average Bonchev–Trinajstić information content (AvgIpc) is 2.61. The molecule has 1 aromatic rings. The molecular weight excluding hydrogens is 258 g/mol. The molecule has 1 saturated heterocycles. The third-order valence-electron chi connectivity index (χ3n) is 5.00. The summed E-state index contributed by atoms with van der Waals surface area (Å²) in [5, 5.41) is 9.89. The fourth-order valence-corrected chi connectivity index (χ4v) is 3.58. The van der Waals surface area contributed by atoms with E-state index in [0.717, 1.165) is 23.6 Å². The number of nitrogens with zero attached hydrogens (tertiary/aromatic N) is 1. The van der Waals surface area contributed by atoms with Crippen LogP contribution in [0.25, 0.3) is 0 Å². The molecule has 2 nitrogen and oxygen atoms in total. The van der Waals surface area contributed by atoms with Crippen molar-refractivity contribution in [2.45, 2.75) is 60.4 Å². The van der Waals surface area contributed by atoms with Gasteiger partial charge in [-0.15, -0.1) is 0 Å². The molecule has 1 aliphatic rings. The summed E-state index contributed by atoms with van der Waals surface area (Å²) in [6, 6.07) is 4.27. The maximum atomic E-state index is 9.89. The Balaban J connectivity index is 2.01. The largest absolute Gasteiger partial charge is 0.507 e. The number of phenolic OH excluding ortho intramolecular Hbond substituents is 1. The molecule has 2 heteroatoms. The third kappa shape index (κ3) is 4.23. The number of benzene rings is 1. The van der Waals surface area contributed by atoms with Gasteiger partial charge in [0.1, 0.15) is 5.75 Å². The van der Waals surface area contributed by atoms with Gasteiger partial charge in [0.2, 0.25) is 0 Å². The van der Waals surface area contributed by atoms with Crippen molar-refractivity contribution in [1.82, 2.24) is 4.90 Å². The van der Waals surface area contributed by atoms with E-state index in [2.05, 4.69) is 37.8 Å². The lowest BCUT2D eigenvalue weighted by molar-refractivity contribution is 0.206. The van der Waals surface area contributed by atoms with Crippen molar-refractivity contribution in [1.29, 1.82) is 0 Å². The number of hydrogen-bond acceptors (Lipinski definition) is 2. The van der Waals surface area contributed by atoms with Crippen LogP contribution in [-0.2, 0) is 6.54 Å². The van der Waals surface area contributed by atoms with Gasteiger partial charge in [0, 0.05) is 6.54 Å². The van der Waals surface area contributed by atoms with Crippen LogP contribution in [0.4, 0.5) is 0 Å². The molecule has 0 spiro atoms. The summed E-state index contributed by atoms with van der Waals surface area (Å²) in [4.78, 5) is 2.58. The molecule has 0 aromatic heterocycles. The Bertz CT molecular complexity index is 464. The van der Waals surface area contributed by atoms with E-state index in [1.807, 2.05) is 13.8 Å². The first kappa shape index (κ1) is 16.4. The molecule has 1 fully saturated rings. The minimum atomic E-state index is 0.432. The Morgan fingerprint density at radius 3 is 2.29 bits per heavy atom. The lowest BCUT2D eigenvalue weighted by atomic mass is 9.77. The molecule has 1 aromatic carbocycles. The van der Waals surface area contributed by atoms with E-state index < -0.39 is 0 Å². The Kier molecular flexibility index (Phi) is 4.98. The van der Waals surface area contributed by atoms with Crippen LogP contribution in [0.15, 0.2) is 12.1 Å². The fraction of sp³-hybridized carbons (Fsp3) is 0.684. The van der Waals surface area contributed by atoms with Crippen molar-refractivity contribution in [3.8, 4) is 5.75 Å². The van der Waals surface area contributed by atoms with Crippen LogP contribution in [0.5, 0.6) is 5.75 Å². The second-order valence-electron chi connectivity index (χ2n) is 7.85. The molecule has 1 atom stereocenters. The molecule has 2 rings (SSSR count). The standard InChI is InChI=1S/C19H31NO/c1-14-11-16(12-15(2)18(14)21)13-20-9-6-7-17(8-10-20)19(3,4)5/h11-12,17,21H,6-10,13H2,1-5H3. The first-order valence-corrected chi connectivity index (χ1v) is 8.29. The number of aryl methyl sites for hydroxylation is 2. The van der Waals surface area contributed by atoms with Crippen LogP contribution in [0.3, 0.4) is 0 Å². The molecule has 118 valence electrons. The summed E-state index contributed by atoms with van der Waals surface area (Å²) in [7, 11) is 0. The number of phenols is 1. The molecule has 1 aliphatic heterocycles. The van der Waals surface area contributed by atoms with E-state index >= 15 is 0 Å². The zero-order valence-corrected chi connectivity index (χ0v) is 14.4. The summed E-state index contributed by atoms with van der Waals surface area (Å²) in [6.07, 6.45) is 3.96. The SMILES string of the molecule is Cc1cc(CN2CCCC(C(C)(C)C)CC2)cc(C)c1O. The summed E-state index contributed by atoms with van der Waals surface area (Å²) < 4.78 is 0. The highest BCUT2D eigenvalue weighted by Crippen LogP contribution is 2.34. The van der Waals surface area contributed by atoms with Gasteiger partial charge in [0.15, 0.2) is 0 Å². The van der Waals surface area contributed by atoms with Gasteiger partial charge in [-0.05, 0) is 74.2 Å². The van der Waals surface area contributed by atoms with Gasteiger partial charge in [-0.25, -0.2) is 0 Å². The van der Waals surface area contributed by atoms with Gasteiger partial charge in [0.25, 0.3) is 0 Å². The molecule has 0 aliphatic carbocycles. The Morgan fingerprint density at radius 2 is 1.71 bits per heavy atom. The lowest BCUT2D eigenvalue weighted by Gasteiger charge is -2.29. The molecule has 1 heterocycles. The van der Waals surface area contributed by atoms with Crippen LogP contribution >= 0.6 is 0 Å². The minimum Gasteiger partial charge on any atom is -0.507 e. The number of aromatic hydroxyl groups is 1. The van der Waals surface area contributed by atoms with E-state index in [-0.39, 0.29) is 0 Å². The molecule has 0 radical (unpaired) electrons. The van der Waals surface area contributed by atoms with Gasteiger partial charge in [-0.3, -0.25) is 4.90 Å². The summed E-state index contributed by atoms with van der Waals surface area (Å²) in [6.45, 7) is 14.5.